The third-order valence-electron chi connectivity index (χ3n) is 3.70. The lowest BCUT2D eigenvalue weighted by atomic mass is 10.2. The van der Waals surface area contributed by atoms with Crippen LogP contribution in [0.3, 0.4) is 0 Å². The fourth-order valence-electron chi connectivity index (χ4n) is 2.46. The number of halogens is 1. The van der Waals surface area contributed by atoms with Crippen LogP contribution in [0.15, 0.2) is 35.2 Å². The minimum atomic E-state index is -3.66. The summed E-state index contributed by atoms with van der Waals surface area (Å²) in [6.07, 6.45) is -0.137. The second kappa shape index (κ2) is 9.05. The second-order valence-electron chi connectivity index (χ2n) is 5.97. The standard InChI is InChI=1S/C18H23ClN2O4S2/c1-5-21(6-2)27(23,24)13-7-8-15(25-12(3)4)14(11-13)20-18(22)16-9-10-17(19)26-16/h7-12H,5-6H2,1-4H3,(H,20,22). The molecule has 0 saturated heterocycles. The lowest BCUT2D eigenvalue weighted by molar-refractivity contribution is 0.102. The van der Waals surface area contributed by atoms with E-state index >= 15 is 0 Å². The van der Waals surface area contributed by atoms with E-state index in [1.54, 1.807) is 32.0 Å². The Hall–Kier alpha value is -1.61. The molecule has 0 aliphatic heterocycles. The molecule has 0 unspecified atom stereocenters. The van der Waals surface area contributed by atoms with Gasteiger partial charge in [-0.25, -0.2) is 8.42 Å². The molecule has 0 radical (unpaired) electrons. The maximum Gasteiger partial charge on any atom is 0.265 e. The number of benzene rings is 1. The van der Waals surface area contributed by atoms with Gasteiger partial charge in [0.15, 0.2) is 0 Å². The second-order valence-corrected chi connectivity index (χ2v) is 9.62. The van der Waals surface area contributed by atoms with Crippen molar-refractivity contribution < 1.29 is 17.9 Å². The number of hydrogen-bond acceptors (Lipinski definition) is 5. The molecule has 148 valence electrons. The SMILES string of the molecule is CCN(CC)S(=O)(=O)c1ccc(OC(C)C)c(NC(=O)c2ccc(Cl)s2)c1. The van der Waals surface area contributed by atoms with Crippen molar-refractivity contribution in [1.29, 1.82) is 0 Å². The molecule has 1 aromatic carbocycles. The Morgan fingerprint density at radius 1 is 1.22 bits per heavy atom. The predicted molar refractivity (Wildman–Crippen MR) is 110 cm³/mol. The van der Waals surface area contributed by atoms with Crippen molar-refractivity contribution in [3.05, 3.63) is 39.5 Å². The lowest BCUT2D eigenvalue weighted by Crippen LogP contribution is -2.30. The van der Waals surface area contributed by atoms with Crippen molar-refractivity contribution >= 4 is 44.6 Å². The minimum Gasteiger partial charge on any atom is -0.489 e. The van der Waals surface area contributed by atoms with Gasteiger partial charge in [0.2, 0.25) is 10.0 Å². The molecule has 6 nitrogen and oxygen atoms in total. The first-order chi connectivity index (χ1) is 12.7. The van der Waals surface area contributed by atoms with Gasteiger partial charge in [-0.3, -0.25) is 4.79 Å². The maximum absolute atomic E-state index is 12.8. The molecule has 2 rings (SSSR count). The molecule has 1 amide bonds. The third kappa shape index (κ3) is 5.22. The highest BCUT2D eigenvalue weighted by molar-refractivity contribution is 7.89. The van der Waals surface area contributed by atoms with Crippen LogP contribution in [0.1, 0.15) is 37.4 Å². The topological polar surface area (TPSA) is 75.7 Å². The highest BCUT2D eigenvalue weighted by Gasteiger charge is 2.24. The monoisotopic (exact) mass is 430 g/mol. The normalized spacial score (nSPS) is 11.8. The van der Waals surface area contributed by atoms with Crippen LogP contribution in [0, 0.1) is 0 Å². The van der Waals surface area contributed by atoms with E-state index in [-0.39, 0.29) is 16.9 Å². The number of carbonyl (C=O) groups excluding carboxylic acids is 1. The summed E-state index contributed by atoms with van der Waals surface area (Å²) in [6.45, 7) is 7.98. The van der Waals surface area contributed by atoms with Crippen LogP contribution in [-0.2, 0) is 10.0 Å². The molecule has 27 heavy (non-hydrogen) atoms. The Labute approximate surface area is 169 Å². The van der Waals surface area contributed by atoms with Crippen molar-refractivity contribution in [2.45, 2.75) is 38.7 Å². The first kappa shape index (κ1) is 21.7. The van der Waals surface area contributed by atoms with Gasteiger partial charge < -0.3 is 10.1 Å². The fraction of sp³-hybridized carbons (Fsp3) is 0.389. The molecule has 0 saturated carbocycles. The Kier molecular flexibility index (Phi) is 7.27. The van der Waals surface area contributed by atoms with Crippen LogP contribution in [0.4, 0.5) is 5.69 Å². The van der Waals surface area contributed by atoms with Crippen LogP contribution in [0.25, 0.3) is 0 Å². The number of sulfonamides is 1. The van der Waals surface area contributed by atoms with Crippen LogP contribution >= 0.6 is 22.9 Å². The summed E-state index contributed by atoms with van der Waals surface area (Å²) < 4.78 is 33.2. The predicted octanol–water partition coefficient (Wildman–Crippen LogP) is 4.47. The Morgan fingerprint density at radius 2 is 1.89 bits per heavy atom. The first-order valence-corrected chi connectivity index (χ1v) is 11.2. The lowest BCUT2D eigenvalue weighted by Gasteiger charge is -2.20. The minimum absolute atomic E-state index is 0.0989. The molecular weight excluding hydrogens is 408 g/mol. The Morgan fingerprint density at radius 3 is 2.41 bits per heavy atom. The number of rotatable bonds is 8. The summed E-state index contributed by atoms with van der Waals surface area (Å²) in [5, 5.41) is 2.74. The Bertz CT molecular complexity index is 906. The number of nitrogens with zero attached hydrogens (tertiary/aromatic N) is 1. The summed E-state index contributed by atoms with van der Waals surface area (Å²) in [5.74, 6) is 0.0254. The van der Waals surface area contributed by atoms with E-state index in [9.17, 15) is 13.2 Å². The summed E-state index contributed by atoms with van der Waals surface area (Å²) in [7, 11) is -3.66. The third-order valence-corrected chi connectivity index (χ3v) is 6.98. The molecule has 0 bridgehead atoms. The Balaban J connectivity index is 2.44. The fourth-order valence-corrected chi connectivity index (χ4v) is 4.88. The van der Waals surface area contributed by atoms with Gasteiger partial charge in [0, 0.05) is 13.1 Å². The van der Waals surface area contributed by atoms with Gasteiger partial charge in [-0.1, -0.05) is 25.4 Å². The first-order valence-electron chi connectivity index (χ1n) is 8.56. The zero-order valence-corrected chi connectivity index (χ0v) is 18.0. The molecule has 1 N–H and O–H groups in total. The zero-order valence-electron chi connectivity index (χ0n) is 15.7. The molecule has 0 aliphatic rings. The van der Waals surface area contributed by atoms with Gasteiger partial charge in [-0.15, -0.1) is 11.3 Å². The van der Waals surface area contributed by atoms with Crippen molar-refractivity contribution in [2.24, 2.45) is 0 Å². The van der Waals surface area contributed by atoms with E-state index in [1.807, 2.05) is 13.8 Å². The molecule has 0 spiro atoms. The quantitative estimate of drug-likeness (QED) is 0.670. The molecular formula is C18H23ClN2O4S2. The largest absolute Gasteiger partial charge is 0.489 e. The van der Waals surface area contributed by atoms with E-state index < -0.39 is 10.0 Å². The number of carbonyl (C=O) groups is 1. The van der Waals surface area contributed by atoms with E-state index in [0.717, 1.165) is 11.3 Å². The van der Waals surface area contributed by atoms with E-state index in [1.165, 1.54) is 16.4 Å². The van der Waals surface area contributed by atoms with E-state index in [0.29, 0.717) is 33.7 Å². The number of anilines is 1. The molecule has 0 atom stereocenters. The average molecular weight is 431 g/mol. The van der Waals surface area contributed by atoms with Gasteiger partial charge in [-0.2, -0.15) is 4.31 Å². The van der Waals surface area contributed by atoms with Gasteiger partial charge in [0.1, 0.15) is 5.75 Å². The number of thiophene rings is 1. The summed E-state index contributed by atoms with van der Waals surface area (Å²) in [6, 6.07) is 7.73. The van der Waals surface area contributed by atoms with E-state index in [4.69, 9.17) is 16.3 Å². The molecule has 9 heteroatoms. The van der Waals surface area contributed by atoms with Crippen LogP contribution in [-0.4, -0.2) is 37.8 Å². The smallest absolute Gasteiger partial charge is 0.265 e. The molecule has 0 fully saturated rings. The number of nitrogens with one attached hydrogen (secondary N) is 1. The van der Waals surface area contributed by atoms with Crippen LogP contribution < -0.4 is 10.1 Å². The van der Waals surface area contributed by atoms with Crippen molar-refractivity contribution in [3.8, 4) is 5.75 Å². The number of hydrogen-bond donors (Lipinski definition) is 1. The van der Waals surface area contributed by atoms with Crippen LogP contribution in [0.5, 0.6) is 5.75 Å². The van der Waals surface area contributed by atoms with Crippen LogP contribution in [0.2, 0.25) is 4.34 Å². The number of ether oxygens (including phenoxy) is 1. The number of amides is 1. The molecule has 1 heterocycles. The van der Waals surface area contributed by atoms with Gasteiger partial charge in [0.25, 0.3) is 5.91 Å². The summed E-state index contributed by atoms with van der Waals surface area (Å²) >= 11 is 7.03. The maximum atomic E-state index is 12.8. The van der Waals surface area contributed by atoms with Gasteiger partial charge in [0.05, 0.1) is 25.9 Å². The summed E-state index contributed by atoms with van der Waals surface area (Å²) in [4.78, 5) is 13.0. The molecule has 0 aliphatic carbocycles. The van der Waals surface area contributed by atoms with Gasteiger partial charge in [-0.05, 0) is 44.2 Å². The highest BCUT2D eigenvalue weighted by Crippen LogP contribution is 2.31. The summed E-state index contributed by atoms with van der Waals surface area (Å²) in [5.41, 5.74) is 0.298. The van der Waals surface area contributed by atoms with Gasteiger partial charge >= 0.3 is 0 Å². The van der Waals surface area contributed by atoms with Crippen molar-refractivity contribution in [3.63, 3.8) is 0 Å². The molecule has 1 aromatic heterocycles. The van der Waals surface area contributed by atoms with Crippen molar-refractivity contribution in [2.75, 3.05) is 18.4 Å². The highest BCUT2D eigenvalue weighted by atomic mass is 35.5. The molecule has 2 aromatic rings. The zero-order chi connectivity index (χ0) is 20.2. The van der Waals surface area contributed by atoms with E-state index in [2.05, 4.69) is 5.32 Å². The average Bonchev–Trinajstić information content (AvgIpc) is 3.03. The van der Waals surface area contributed by atoms with Crippen molar-refractivity contribution in [1.82, 2.24) is 4.31 Å².